The summed E-state index contributed by atoms with van der Waals surface area (Å²) < 4.78 is 0. The molecule has 3 rings (SSSR count). The predicted octanol–water partition coefficient (Wildman–Crippen LogP) is 4.59. The standard InChI is InChI=1S/C23H19N3O/c27-23(21-12-7-17-24-18-21)26-25-22(15-13-19-8-3-1-4-9-19)16-14-20-10-5-2-6-11-20/h1-18H,(H,26,27)/b15-13+,16-14+. The van der Waals surface area contributed by atoms with Crippen LogP contribution in [0.3, 0.4) is 0 Å². The summed E-state index contributed by atoms with van der Waals surface area (Å²) in [5.41, 5.74) is 5.77. The predicted molar refractivity (Wildman–Crippen MR) is 110 cm³/mol. The Bertz CT molecular complexity index is 895. The van der Waals surface area contributed by atoms with Gasteiger partial charge in [0.25, 0.3) is 5.91 Å². The topological polar surface area (TPSA) is 54.4 Å². The van der Waals surface area contributed by atoms with Crippen LogP contribution < -0.4 is 5.43 Å². The summed E-state index contributed by atoms with van der Waals surface area (Å²) in [6.07, 6.45) is 10.7. The molecule has 27 heavy (non-hydrogen) atoms. The van der Waals surface area contributed by atoms with Crippen molar-refractivity contribution in [3.8, 4) is 0 Å². The molecule has 1 heterocycles. The molecule has 3 aromatic rings. The van der Waals surface area contributed by atoms with E-state index >= 15 is 0 Å². The van der Waals surface area contributed by atoms with Gasteiger partial charge in [0.1, 0.15) is 0 Å². The number of hydrogen-bond acceptors (Lipinski definition) is 3. The number of nitrogens with one attached hydrogen (secondary N) is 1. The third kappa shape index (κ3) is 5.90. The lowest BCUT2D eigenvalue weighted by molar-refractivity contribution is 0.0954. The lowest BCUT2D eigenvalue weighted by atomic mass is 10.1. The van der Waals surface area contributed by atoms with E-state index in [1.165, 1.54) is 6.20 Å². The van der Waals surface area contributed by atoms with Crippen molar-refractivity contribution in [3.63, 3.8) is 0 Å². The first-order chi connectivity index (χ1) is 13.3. The first-order valence-electron chi connectivity index (χ1n) is 8.55. The van der Waals surface area contributed by atoms with Crippen LogP contribution in [0.4, 0.5) is 0 Å². The number of rotatable bonds is 6. The second-order valence-electron chi connectivity index (χ2n) is 5.71. The van der Waals surface area contributed by atoms with Gasteiger partial charge in [-0.3, -0.25) is 9.78 Å². The number of carbonyl (C=O) groups excluding carboxylic acids is 1. The van der Waals surface area contributed by atoms with Gasteiger partial charge in [-0.1, -0.05) is 72.8 Å². The maximum atomic E-state index is 12.2. The zero-order valence-corrected chi connectivity index (χ0v) is 14.7. The molecule has 0 saturated heterocycles. The van der Waals surface area contributed by atoms with Crippen LogP contribution in [0.2, 0.25) is 0 Å². The lowest BCUT2D eigenvalue weighted by Crippen LogP contribution is -2.18. The average molecular weight is 353 g/mol. The van der Waals surface area contributed by atoms with Crippen molar-refractivity contribution >= 4 is 23.8 Å². The summed E-state index contributed by atoms with van der Waals surface area (Å²) in [4.78, 5) is 16.1. The molecule has 1 aromatic heterocycles. The molecule has 4 nitrogen and oxygen atoms in total. The van der Waals surface area contributed by atoms with Crippen LogP contribution in [0.5, 0.6) is 0 Å². The SMILES string of the molecule is O=C(NN=C(/C=C/c1ccccc1)/C=C/c1ccccc1)c1cccnc1. The van der Waals surface area contributed by atoms with Gasteiger partial charge in [0, 0.05) is 12.4 Å². The molecule has 132 valence electrons. The first kappa shape index (κ1) is 18.0. The van der Waals surface area contributed by atoms with Gasteiger partial charge in [-0.25, -0.2) is 5.43 Å². The van der Waals surface area contributed by atoms with E-state index in [1.807, 2.05) is 85.0 Å². The van der Waals surface area contributed by atoms with Gasteiger partial charge in [-0.05, 0) is 35.4 Å². The number of aromatic nitrogens is 1. The number of hydrazone groups is 1. The van der Waals surface area contributed by atoms with Crippen molar-refractivity contribution in [2.45, 2.75) is 0 Å². The molecule has 1 amide bonds. The van der Waals surface area contributed by atoms with Crippen molar-refractivity contribution in [1.29, 1.82) is 0 Å². The number of nitrogens with zero attached hydrogens (tertiary/aromatic N) is 2. The Morgan fingerprint density at radius 1 is 0.815 bits per heavy atom. The van der Waals surface area contributed by atoms with Gasteiger partial charge in [-0.15, -0.1) is 0 Å². The number of allylic oxidation sites excluding steroid dienone is 2. The van der Waals surface area contributed by atoms with Crippen LogP contribution in [0.15, 0.2) is 102 Å². The van der Waals surface area contributed by atoms with Gasteiger partial charge in [0.2, 0.25) is 0 Å². The van der Waals surface area contributed by atoms with Crippen molar-refractivity contribution < 1.29 is 4.79 Å². The quantitative estimate of drug-likeness (QED) is 0.520. The summed E-state index contributed by atoms with van der Waals surface area (Å²) in [6, 6.07) is 23.2. The van der Waals surface area contributed by atoms with Crippen LogP contribution in [-0.4, -0.2) is 16.6 Å². The summed E-state index contributed by atoms with van der Waals surface area (Å²) in [7, 11) is 0. The van der Waals surface area contributed by atoms with Crippen molar-refractivity contribution in [2.75, 3.05) is 0 Å². The molecule has 4 heteroatoms. The maximum absolute atomic E-state index is 12.2. The molecule has 0 radical (unpaired) electrons. The lowest BCUT2D eigenvalue weighted by Gasteiger charge is -2.01. The normalized spacial score (nSPS) is 10.8. The van der Waals surface area contributed by atoms with E-state index in [-0.39, 0.29) is 5.91 Å². The van der Waals surface area contributed by atoms with E-state index in [9.17, 15) is 4.79 Å². The zero-order valence-electron chi connectivity index (χ0n) is 14.7. The van der Waals surface area contributed by atoms with Crippen LogP contribution in [-0.2, 0) is 0 Å². The van der Waals surface area contributed by atoms with Crippen LogP contribution in [0.25, 0.3) is 12.2 Å². The highest BCUT2D eigenvalue weighted by atomic mass is 16.2. The number of hydrogen-bond donors (Lipinski definition) is 1. The van der Waals surface area contributed by atoms with Gasteiger partial charge < -0.3 is 0 Å². The van der Waals surface area contributed by atoms with E-state index in [4.69, 9.17) is 0 Å². The fourth-order valence-corrected chi connectivity index (χ4v) is 2.30. The van der Waals surface area contributed by atoms with E-state index in [0.717, 1.165) is 11.1 Å². The number of amides is 1. The number of pyridine rings is 1. The molecule has 0 atom stereocenters. The smallest absolute Gasteiger partial charge is 0.267 e. The van der Waals surface area contributed by atoms with E-state index < -0.39 is 0 Å². The molecule has 0 saturated carbocycles. The monoisotopic (exact) mass is 353 g/mol. The minimum absolute atomic E-state index is 0.304. The highest BCUT2D eigenvalue weighted by Gasteiger charge is 2.03. The van der Waals surface area contributed by atoms with Crippen molar-refractivity contribution in [1.82, 2.24) is 10.4 Å². The van der Waals surface area contributed by atoms with Crippen LogP contribution >= 0.6 is 0 Å². The van der Waals surface area contributed by atoms with Gasteiger partial charge >= 0.3 is 0 Å². The highest BCUT2D eigenvalue weighted by molar-refractivity contribution is 6.09. The fraction of sp³-hybridized carbons (Fsp3) is 0. The molecule has 0 fully saturated rings. The Morgan fingerprint density at radius 2 is 1.41 bits per heavy atom. The van der Waals surface area contributed by atoms with Crippen LogP contribution in [0, 0.1) is 0 Å². The van der Waals surface area contributed by atoms with E-state index in [0.29, 0.717) is 11.3 Å². The molecule has 0 spiro atoms. The van der Waals surface area contributed by atoms with E-state index in [2.05, 4.69) is 15.5 Å². The Kier molecular flexibility index (Phi) is 6.43. The van der Waals surface area contributed by atoms with Crippen molar-refractivity contribution in [3.05, 3.63) is 114 Å². The third-order valence-electron chi connectivity index (χ3n) is 3.70. The fourth-order valence-electron chi connectivity index (χ4n) is 2.30. The Hall–Kier alpha value is -3.79. The summed E-state index contributed by atoms with van der Waals surface area (Å²) >= 11 is 0. The molecule has 0 unspecified atom stereocenters. The van der Waals surface area contributed by atoms with Gasteiger partial charge in [-0.2, -0.15) is 5.10 Å². The average Bonchev–Trinajstić information content (AvgIpc) is 2.75. The Labute approximate surface area is 158 Å². The Morgan fingerprint density at radius 3 is 1.93 bits per heavy atom. The zero-order chi connectivity index (χ0) is 18.7. The van der Waals surface area contributed by atoms with Crippen molar-refractivity contribution in [2.24, 2.45) is 5.10 Å². The molecule has 0 aliphatic carbocycles. The molecule has 0 aliphatic rings. The van der Waals surface area contributed by atoms with E-state index in [1.54, 1.807) is 18.3 Å². The minimum Gasteiger partial charge on any atom is -0.267 e. The molecular weight excluding hydrogens is 334 g/mol. The second-order valence-corrected chi connectivity index (χ2v) is 5.71. The summed E-state index contributed by atoms with van der Waals surface area (Å²) in [5, 5.41) is 4.25. The van der Waals surface area contributed by atoms with Gasteiger partial charge in [0.15, 0.2) is 0 Å². The molecule has 0 aliphatic heterocycles. The highest BCUT2D eigenvalue weighted by Crippen LogP contribution is 2.05. The number of benzene rings is 2. The third-order valence-corrected chi connectivity index (χ3v) is 3.70. The molecule has 0 bridgehead atoms. The number of carbonyl (C=O) groups is 1. The molecule has 1 N–H and O–H groups in total. The molecule has 2 aromatic carbocycles. The largest absolute Gasteiger partial charge is 0.272 e. The molecular formula is C23H19N3O. The second kappa shape index (κ2) is 9.63. The maximum Gasteiger partial charge on any atom is 0.272 e. The summed E-state index contributed by atoms with van der Waals surface area (Å²) in [6.45, 7) is 0. The van der Waals surface area contributed by atoms with Gasteiger partial charge in [0.05, 0.1) is 11.3 Å². The first-order valence-corrected chi connectivity index (χ1v) is 8.55. The van der Waals surface area contributed by atoms with Crippen LogP contribution in [0.1, 0.15) is 21.5 Å². The minimum atomic E-state index is -0.304. The summed E-state index contributed by atoms with van der Waals surface area (Å²) in [5.74, 6) is -0.304. The Balaban J connectivity index is 1.79.